The number of alkyl halides is 2. The fourth-order valence-electron chi connectivity index (χ4n) is 2.15. The van der Waals surface area contributed by atoms with Crippen molar-refractivity contribution in [3.05, 3.63) is 10.4 Å². The number of carboxylic acid groups (broad SMARTS) is 1. The lowest BCUT2D eigenvalue weighted by molar-refractivity contribution is -0.282. The molecule has 0 amide bonds. The summed E-state index contributed by atoms with van der Waals surface area (Å²) in [5.41, 5.74) is 8.37. The van der Waals surface area contributed by atoms with Gasteiger partial charge in [-0.3, -0.25) is 0 Å². The first-order chi connectivity index (χ1) is 9.70. The quantitative estimate of drug-likeness (QED) is 0.305. The van der Waals surface area contributed by atoms with Crippen LogP contribution in [0.1, 0.15) is 6.92 Å². The van der Waals surface area contributed by atoms with Gasteiger partial charge in [-0.05, 0) is 11.4 Å². The van der Waals surface area contributed by atoms with Crippen molar-refractivity contribution in [1.29, 1.82) is 0 Å². The summed E-state index contributed by atoms with van der Waals surface area (Å²) in [6.45, 7) is 0.316. The topological polar surface area (TPSA) is 156 Å². The van der Waals surface area contributed by atoms with Gasteiger partial charge in [-0.2, -0.15) is 4.39 Å². The van der Waals surface area contributed by atoms with Gasteiger partial charge in [0.05, 0.1) is 18.8 Å². The zero-order chi connectivity index (χ0) is 16.4. The van der Waals surface area contributed by atoms with E-state index in [-0.39, 0.29) is 0 Å². The van der Waals surface area contributed by atoms with Crippen molar-refractivity contribution in [3.8, 4) is 0 Å². The Hall–Kier alpha value is -1.52. The molecule has 0 spiro atoms. The number of hydrogen-bond donors (Lipinski definition) is 4. The van der Waals surface area contributed by atoms with Crippen LogP contribution in [0.2, 0.25) is 0 Å². The number of carboxylic acids is 1. The molecule has 0 saturated carbocycles. The fourth-order valence-corrected chi connectivity index (χ4v) is 2.15. The summed E-state index contributed by atoms with van der Waals surface area (Å²) >= 11 is 0. The first-order valence-electron chi connectivity index (χ1n) is 5.96. The van der Waals surface area contributed by atoms with Gasteiger partial charge in [0.1, 0.15) is 12.2 Å². The van der Waals surface area contributed by atoms with Crippen molar-refractivity contribution in [3.63, 3.8) is 0 Å². The van der Waals surface area contributed by atoms with Crippen LogP contribution < -0.4 is 0 Å². The zero-order valence-electron chi connectivity index (χ0n) is 10.9. The summed E-state index contributed by atoms with van der Waals surface area (Å²) in [4.78, 5) is 13.2. The van der Waals surface area contributed by atoms with Gasteiger partial charge in [-0.1, -0.05) is 12.0 Å². The average molecular weight is 311 g/mol. The molecule has 7 atom stereocenters. The van der Waals surface area contributed by atoms with E-state index in [1.165, 1.54) is 6.92 Å². The summed E-state index contributed by atoms with van der Waals surface area (Å²) in [5.74, 6) is -7.28. The Morgan fingerprint density at radius 3 is 2.57 bits per heavy atom. The monoisotopic (exact) mass is 311 g/mol. The average Bonchev–Trinajstić information content (AvgIpc) is 2.45. The van der Waals surface area contributed by atoms with E-state index in [4.69, 9.17) is 15.7 Å². The maximum Gasteiger partial charge on any atom is 0.372 e. The molecule has 0 aromatic rings. The molecule has 1 heterocycles. The number of nitrogens with zero attached hydrogens (tertiary/aromatic N) is 3. The Labute approximate surface area is 117 Å². The zero-order valence-corrected chi connectivity index (χ0v) is 10.9. The van der Waals surface area contributed by atoms with Crippen LogP contribution in [0.5, 0.6) is 0 Å². The summed E-state index contributed by atoms with van der Waals surface area (Å²) in [5, 5.41) is 39.6. The van der Waals surface area contributed by atoms with E-state index >= 15 is 0 Å². The van der Waals surface area contributed by atoms with Gasteiger partial charge in [0.15, 0.2) is 6.17 Å². The van der Waals surface area contributed by atoms with Crippen molar-refractivity contribution >= 4 is 5.97 Å². The fraction of sp³-hybridized carbons (Fsp3) is 0.900. The van der Waals surface area contributed by atoms with E-state index in [0.717, 1.165) is 0 Å². The number of ether oxygens (including phenoxy) is 1. The third-order valence-electron chi connectivity index (χ3n) is 3.41. The van der Waals surface area contributed by atoms with Crippen molar-refractivity contribution in [2.45, 2.75) is 43.3 Å². The molecule has 21 heavy (non-hydrogen) atoms. The number of aliphatic hydroxyl groups is 3. The highest BCUT2D eigenvalue weighted by Crippen LogP contribution is 2.40. The standard InChI is InChI=1S/C10H15F2N3O6/c1-3-5(14-15-13)8(11)10(12,9(19)20)21-7(3)6(18)4(17)2-16/h3-8,16-18H,2H2,1H3,(H,19,20)/t3?,4-,5?,6-,7?,8?,10?/m1/s1. The summed E-state index contributed by atoms with van der Waals surface area (Å²) < 4.78 is 32.6. The van der Waals surface area contributed by atoms with Gasteiger partial charge < -0.3 is 25.2 Å². The van der Waals surface area contributed by atoms with Crippen LogP contribution in [0.25, 0.3) is 10.4 Å². The van der Waals surface area contributed by atoms with Crippen molar-refractivity contribution in [2.75, 3.05) is 6.61 Å². The molecule has 120 valence electrons. The minimum Gasteiger partial charge on any atom is -0.477 e. The third kappa shape index (κ3) is 3.06. The molecular formula is C10H15F2N3O6. The number of halogens is 2. The number of aliphatic carboxylic acids is 1. The van der Waals surface area contributed by atoms with E-state index in [1.807, 2.05) is 0 Å². The van der Waals surface area contributed by atoms with Gasteiger partial charge in [0.25, 0.3) is 0 Å². The van der Waals surface area contributed by atoms with Crippen molar-refractivity contribution in [1.82, 2.24) is 0 Å². The first-order valence-corrected chi connectivity index (χ1v) is 5.96. The molecule has 1 aliphatic rings. The van der Waals surface area contributed by atoms with Gasteiger partial charge in [-0.15, -0.1) is 0 Å². The molecule has 5 unspecified atom stereocenters. The van der Waals surface area contributed by atoms with Crippen LogP contribution in [0, 0.1) is 5.92 Å². The Morgan fingerprint density at radius 2 is 2.14 bits per heavy atom. The molecule has 9 nitrogen and oxygen atoms in total. The lowest BCUT2D eigenvalue weighted by atomic mass is 9.82. The highest BCUT2D eigenvalue weighted by atomic mass is 19.2. The molecule has 0 bridgehead atoms. The third-order valence-corrected chi connectivity index (χ3v) is 3.41. The molecule has 0 aromatic carbocycles. The van der Waals surface area contributed by atoms with E-state index in [2.05, 4.69) is 14.8 Å². The van der Waals surface area contributed by atoms with Crippen LogP contribution >= 0.6 is 0 Å². The highest BCUT2D eigenvalue weighted by Gasteiger charge is 2.61. The van der Waals surface area contributed by atoms with E-state index in [9.17, 15) is 23.8 Å². The number of aliphatic hydroxyl groups excluding tert-OH is 3. The number of carbonyl (C=O) groups is 1. The van der Waals surface area contributed by atoms with Crippen molar-refractivity contribution in [2.24, 2.45) is 11.0 Å². The Morgan fingerprint density at radius 1 is 1.57 bits per heavy atom. The predicted octanol–water partition coefficient (Wildman–Crippen LogP) is -0.497. The maximum absolute atomic E-state index is 14.2. The number of hydrogen-bond acceptors (Lipinski definition) is 6. The Balaban J connectivity index is 3.21. The normalized spacial score (nSPS) is 39.1. The lowest BCUT2D eigenvalue weighted by Gasteiger charge is -2.44. The molecule has 0 aliphatic carbocycles. The van der Waals surface area contributed by atoms with Gasteiger partial charge in [-0.25, -0.2) is 9.18 Å². The van der Waals surface area contributed by atoms with Crippen molar-refractivity contribution < 1.29 is 38.7 Å². The SMILES string of the molecule is CC1C(N=[N+]=[N-])C(F)C(F)(C(=O)O)OC1[C@H](O)[C@H](O)CO. The number of rotatable bonds is 5. The summed E-state index contributed by atoms with van der Waals surface area (Å²) in [6, 6.07) is -1.77. The Kier molecular flexibility index (Phi) is 5.42. The van der Waals surface area contributed by atoms with Crippen LogP contribution in [0.4, 0.5) is 8.78 Å². The molecule has 4 N–H and O–H groups in total. The number of azide groups is 1. The smallest absolute Gasteiger partial charge is 0.372 e. The second kappa shape index (κ2) is 6.50. The van der Waals surface area contributed by atoms with Crippen LogP contribution in [0.15, 0.2) is 5.11 Å². The van der Waals surface area contributed by atoms with Gasteiger partial charge >= 0.3 is 11.8 Å². The van der Waals surface area contributed by atoms with E-state index < -0.39 is 54.9 Å². The second-order valence-electron chi connectivity index (χ2n) is 4.73. The molecule has 0 aromatic heterocycles. The lowest BCUT2D eigenvalue weighted by Crippen LogP contribution is -2.64. The van der Waals surface area contributed by atoms with E-state index in [0.29, 0.717) is 0 Å². The minimum atomic E-state index is -3.84. The maximum atomic E-state index is 14.2. The first kappa shape index (κ1) is 17.5. The molecule has 1 fully saturated rings. The largest absolute Gasteiger partial charge is 0.477 e. The van der Waals surface area contributed by atoms with Gasteiger partial charge in [0.2, 0.25) is 0 Å². The molecule has 1 saturated heterocycles. The molecule has 11 heteroatoms. The highest BCUT2D eigenvalue weighted by molar-refractivity contribution is 5.76. The van der Waals surface area contributed by atoms with E-state index in [1.54, 1.807) is 0 Å². The Bertz CT molecular complexity index is 449. The summed E-state index contributed by atoms with van der Waals surface area (Å²) in [6.07, 6.45) is -8.16. The predicted molar refractivity (Wildman–Crippen MR) is 62.4 cm³/mol. The van der Waals surface area contributed by atoms with Crippen LogP contribution in [0.3, 0.4) is 0 Å². The van der Waals surface area contributed by atoms with Crippen LogP contribution in [-0.2, 0) is 9.53 Å². The minimum absolute atomic E-state index is 0.911. The molecule has 1 rings (SSSR count). The molecular weight excluding hydrogens is 296 g/mol. The van der Waals surface area contributed by atoms with Gasteiger partial charge in [0, 0.05) is 4.91 Å². The second-order valence-corrected chi connectivity index (χ2v) is 4.73. The van der Waals surface area contributed by atoms with Crippen LogP contribution in [-0.4, -0.2) is 69.4 Å². The molecule has 1 aliphatic heterocycles. The summed E-state index contributed by atoms with van der Waals surface area (Å²) in [7, 11) is 0. The molecule has 0 radical (unpaired) electrons.